The van der Waals surface area contributed by atoms with Crippen molar-refractivity contribution in [3.8, 4) is 5.75 Å². The third-order valence-corrected chi connectivity index (χ3v) is 4.73. The van der Waals surface area contributed by atoms with Gasteiger partial charge in [-0.25, -0.2) is 4.99 Å². The van der Waals surface area contributed by atoms with Crippen LogP contribution in [0.15, 0.2) is 29.3 Å². The first-order valence-corrected chi connectivity index (χ1v) is 9.64. The zero-order chi connectivity index (χ0) is 17.9. The quantitative estimate of drug-likeness (QED) is 0.473. The van der Waals surface area contributed by atoms with Gasteiger partial charge >= 0.3 is 0 Å². The van der Waals surface area contributed by atoms with Crippen molar-refractivity contribution < 1.29 is 9.84 Å². The van der Waals surface area contributed by atoms with E-state index >= 15 is 0 Å². The number of aliphatic imine (C=N–C) groups is 1. The molecule has 1 unspecified atom stereocenters. The van der Waals surface area contributed by atoms with Crippen molar-refractivity contribution in [2.24, 2.45) is 10.9 Å². The van der Waals surface area contributed by atoms with Crippen LogP contribution >= 0.6 is 0 Å². The van der Waals surface area contributed by atoms with Gasteiger partial charge in [-0.2, -0.15) is 0 Å². The minimum atomic E-state index is 0.284. The molecule has 0 spiro atoms. The molecule has 0 amide bonds. The number of guanidine groups is 1. The van der Waals surface area contributed by atoms with Crippen LogP contribution in [0.4, 0.5) is 0 Å². The second-order valence-electron chi connectivity index (χ2n) is 6.62. The number of hydrogen-bond donors (Lipinski definition) is 3. The van der Waals surface area contributed by atoms with E-state index in [2.05, 4.69) is 29.5 Å². The van der Waals surface area contributed by atoms with Crippen molar-refractivity contribution in [1.29, 1.82) is 0 Å². The maximum absolute atomic E-state index is 9.35. The molecule has 0 aromatic heterocycles. The van der Waals surface area contributed by atoms with E-state index in [0.717, 1.165) is 43.6 Å². The minimum Gasteiger partial charge on any atom is -0.508 e. The van der Waals surface area contributed by atoms with Gasteiger partial charge in [0.1, 0.15) is 5.75 Å². The number of nitrogens with one attached hydrogen (secondary N) is 2. The molecule has 0 aliphatic heterocycles. The van der Waals surface area contributed by atoms with Crippen molar-refractivity contribution >= 4 is 5.96 Å². The average Bonchev–Trinajstić information content (AvgIpc) is 3.15. The highest BCUT2D eigenvalue weighted by Crippen LogP contribution is 2.30. The molecule has 1 atom stereocenters. The van der Waals surface area contributed by atoms with Crippen LogP contribution in [0.3, 0.4) is 0 Å². The van der Waals surface area contributed by atoms with Gasteiger partial charge in [-0.1, -0.05) is 25.0 Å². The van der Waals surface area contributed by atoms with Crippen LogP contribution < -0.4 is 10.6 Å². The summed E-state index contributed by atoms with van der Waals surface area (Å²) >= 11 is 0. The molecule has 2 rings (SSSR count). The van der Waals surface area contributed by atoms with Crippen LogP contribution in [0.2, 0.25) is 0 Å². The predicted octanol–water partition coefficient (Wildman–Crippen LogP) is 3.43. The fraction of sp³-hybridized carbons (Fsp3) is 0.650. The Hall–Kier alpha value is -1.75. The largest absolute Gasteiger partial charge is 0.508 e. The van der Waals surface area contributed by atoms with Gasteiger partial charge in [0.2, 0.25) is 0 Å². The third-order valence-electron chi connectivity index (χ3n) is 4.73. The average molecular weight is 348 g/mol. The van der Waals surface area contributed by atoms with Crippen LogP contribution in [-0.4, -0.2) is 36.9 Å². The molecule has 5 heteroatoms. The SMILES string of the molecule is CCNC(=NCc1ccc(O)cc1)NCCC(OCC)C1CCCC1. The topological polar surface area (TPSA) is 65.9 Å². The summed E-state index contributed by atoms with van der Waals surface area (Å²) in [6.45, 7) is 7.22. The Balaban J connectivity index is 1.82. The molecule has 1 aliphatic carbocycles. The summed E-state index contributed by atoms with van der Waals surface area (Å²) in [6, 6.07) is 7.18. The summed E-state index contributed by atoms with van der Waals surface area (Å²) in [7, 11) is 0. The lowest BCUT2D eigenvalue weighted by Crippen LogP contribution is -2.39. The Morgan fingerprint density at radius 3 is 2.56 bits per heavy atom. The first-order valence-electron chi connectivity index (χ1n) is 9.64. The molecular formula is C20H33N3O2. The predicted molar refractivity (Wildman–Crippen MR) is 103 cm³/mol. The number of ether oxygens (including phenoxy) is 1. The number of benzene rings is 1. The van der Waals surface area contributed by atoms with E-state index in [1.165, 1.54) is 25.7 Å². The zero-order valence-electron chi connectivity index (χ0n) is 15.6. The van der Waals surface area contributed by atoms with E-state index in [4.69, 9.17) is 4.74 Å². The van der Waals surface area contributed by atoms with E-state index in [0.29, 0.717) is 12.6 Å². The Bertz CT molecular complexity index is 510. The summed E-state index contributed by atoms with van der Waals surface area (Å²) in [5.74, 6) is 1.84. The van der Waals surface area contributed by atoms with Crippen molar-refractivity contribution in [2.45, 2.75) is 58.6 Å². The third kappa shape index (κ3) is 6.94. The van der Waals surface area contributed by atoms with E-state index in [9.17, 15) is 5.11 Å². The van der Waals surface area contributed by atoms with Gasteiger partial charge in [0.15, 0.2) is 5.96 Å². The molecule has 0 bridgehead atoms. The normalized spacial score (nSPS) is 16.8. The summed E-state index contributed by atoms with van der Waals surface area (Å²) in [4.78, 5) is 4.63. The van der Waals surface area contributed by atoms with Gasteiger partial charge in [0.25, 0.3) is 0 Å². The smallest absolute Gasteiger partial charge is 0.191 e. The lowest BCUT2D eigenvalue weighted by atomic mass is 9.98. The van der Waals surface area contributed by atoms with Gasteiger partial charge in [0, 0.05) is 19.7 Å². The second kappa shape index (κ2) is 11.0. The monoisotopic (exact) mass is 347 g/mol. The van der Waals surface area contributed by atoms with Gasteiger partial charge in [0.05, 0.1) is 12.6 Å². The van der Waals surface area contributed by atoms with Gasteiger partial charge < -0.3 is 20.5 Å². The number of aromatic hydroxyl groups is 1. The number of phenols is 1. The molecule has 0 saturated heterocycles. The first-order chi connectivity index (χ1) is 12.2. The van der Waals surface area contributed by atoms with Crippen LogP contribution in [0.1, 0.15) is 51.5 Å². The van der Waals surface area contributed by atoms with E-state index in [1.807, 2.05) is 12.1 Å². The Kier molecular flexibility index (Phi) is 8.60. The minimum absolute atomic E-state index is 0.284. The highest BCUT2D eigenvalue weighted by atomic mass is 16.5. The molecule has 0 heterocycles. The molecule has 0 radical (unpaired) electrons. The number of rotatable bonds is 9. The van der Waals surface area contributed by atoms with E-state index in [-0.39, 0.29) is 5.75 Å². The first kappa shape index (κ1) is 19.6. The zero-order valence-corrected chi connectivity index (χ0v) is 15.6. The van der Waals surface area contributed by atoms with Crippen LogP contribution in [0, 0.1) is 5.92 Å². The molecule has 1 aromatic carbocycles. The molecule has 3 N–H and O–H groups in total. The van der Waals surface area contributed by atoms with Gasteiger partial charge in [-0.05, 0) is 56.7 Å². The summed E-state index contributed by atoms with van der Waals surface area (Å²) in [5.41, 5.74) is 1.08. The molecule has 1 aliphatic rings. The molecule has 1 aromatic rings. The molecule has 1 saturated carbocycles. The Morgan fingerprint density at radius 1 is 1.20 bits per heavy atom. The fourth-order valence-electron chi connectivity index (χ4n) is 3.44. The number of nitrogens with zero attached hydrogens (tertiary/aromatic N) is 1. The molecular weight excluding hydrogens is 314 g/mol. The van der Waals surface area contributed by atoms with Crippen molar-refractivity contribution in [1.82, 2.24) is 10.6 Å². The number of phenolic OH excluding ortho intramolecular Hbond substituents is 1. The van der Waals surface area contributed by atoms with Gasteiger partial charge in [-0.3, -0.25) is 0 Å². The van der Waals surface area contributed by atoms with E-state index in [1.54, 1.807) is 12.1 Å². The number of hydrogen-bond acceptors (Lipinski definition) is 3. The van der Waals surface area contributed by atoms with Gasteiger partial charge in [-0.15, -0.1) is 0 Å². The van der Waals surface area contributed by atoms with Crippen molar-refractivity contribution in [2.75, 3.05) is 19.7 Å². The second-order valence-corrected chi connectivity index (χ2v) is 6.62. The molecule has 25 heavy (non-hydrogen) atoms. The van der Waals surface area contributed by atoms with Crippen molar-refractivity contribution in [3.63, 3.8) is 0 Å². The molecule has 140 valence electrons. The summed E-state index contributed by atoms with van der Waals surface area (Å²) in [5, 5.41) is 16.1. The molecule has 1 fully saturated rings. The highest BCUT2D eigenvalue weighted by Gasteiger charge is 2.25. The van der Waals surface area contributed by atoms with Crippen molar-refractivity contribution in [3.05, 3.63) is 29.8 Å². The summed E-state index contributed by atoms with van der Waals surface area (Å²) < 4.78 is 5.98. The van der Waals surface area contributed by atoms with Crippen LogP contribution in [0.25, 0.3) is 0 Å². The lowest BCUT2D eigenvalue weighted by molar-refractivity contribution is 0.0169. The fourth-order valence-corrected chi connectivity index (χ4v) is 3.44. The van der Waals surface area contributed by atoms with E-state index < -0.39 is 0 Å². The maximum atomic E-state index is 9.35. The van der Waals surface area contributed by atoms with Crippen LogP contribution in [-0.2, 0) is 11.3 Å². The Morgan fingerprint density at radius 2 is 1.92 bits per heavy atom. The lowest BCUT2D eigenvalue weighted by Gasteiger charge is -2.24. The maximum Gasteiger partial charge on any atom is 0.191 e. The summed E-state index contributed by atoms with van der Waals surface area (Å²) in [6.07, 6.45) is 6.68. The molecule has 5 nitrogen and oxygen atoms in total. The van der Waals surface area contributed by atoms with Crippen LogP contribution in [0.5, 0.6) is 5.75 Å². The highest BCUT2D eigenvalue weighted by molar-refractivity contribution is 5.79. The standard InChI is InChI=1S/C20H33N3O2/c1-3-21-20(23-15-16-9-11-18(24)12-10-16)22-14-13-19(25-4-2)17-7-5-6-8-17/h9-12,17,19,24H,3-8,13-15H2,1-2H3,(H2,21,22,23). The Labute approximate surface area is 151 Å².